The molecule has 1 unspecified atom stereocenters. The first kappa shape index (κ1) is 15.7. The number of nitrogens with one attached hydrogen (secondary N) is 1. The Bertz CT molecular complexity index is 406. The Morgan fingerprint density at radius 1 is 1.42 bits per heavy atom. The molecule has 0 aliphatic heterocycles. The zero-order valence-corrected chi connectivity index (χ0v) is 12.5. The molecular weight excluding hydrogens is 242 g/mol. The van der Waals surface area contributed by atoms with Crippen molar-refractivity contribution in [3.63, 3.8) is 0 Å². The van der Waals surface area contributed by atoms with Gasteiger partial charge in [0.15, 0.2) is 0 Å². The smallest absolute Gasteiger partial charge is 0.218 e. The Morgan fingerprint density at radius 2 is 2.11 bits per heavy atom. The minimum atomic E-state index is -0.751. The molecule has 1 aromatic rings. The first-order chi connectivity index (χ1) is 8.82. The molecule has 1 atom stereocenters. The zero-order valence-electron chi connectivity index (χ0n) is 12.5. The van der Waals surface area contributed by atoms with Gasteiger partial charge in [0, 0.05) is 12.6 Å². The van der Waals surface area contributed by atoms with E-state index >= 15 is 0 Å². The van der Waals surface area contributed by atoms with Gasteiger partial charge in [0.2, 0.25) is 5.88 Å². The summed E-state index contributed by atoms with van der Waals surface area (Å²) in [6, 6.07) is 1.75. The van der Waals surface area contributed by atoms with Crippen LogP contribution in [0.15, 0.2) is 6.07 Å². The lowest BCUT2D eigenvalue weighted by atomic mass is 9.94. The molecule has 5 nitrogen and oxygen atoms in total. The van der Waals surface area contributed by atoms with Crippen LogP contribution in [0.1, 0.15) is 39.9 Å². The van der Waals surface area contributed by atoms with Gasteiger partial charge in [-0.25, -0.2) is 4.98 Å². The van der Waals surface area contributed by atoms with Crippen molar-refractivity contribution in [1.29, 1.82) is 0 Å². The topological polar surface area (TPSA) is 67.3 Å². The van der Waals surface area contributed by atoms with E-state index in [9.17, 15) is 5.11 Å². The van der Waals surface area contributed by atoms with Crippen LogP contribution in [0.25, 0.3) is 0 Å². The van der Waals surface area contributed by atoms with Gasteiger partial charge in [0.25, 0.3) is 0 Å². The molecule has 0 saturated carbocycles. The van der Waals surface area contributed by atoms with Crippen LogP contribution in [0.3, 0.4) is 0 Å². The molecule has 19 heavy (non-hydrogen) atoms. The third-order valence-electron chi connectivity index (χ3n) is 2.61. The normalized spacial score (nSPS) is 14.3. The maximum atomic E-state index is 10.3. The van der Waals surface area contributed by atoms with Gasteiger partial charge in [-0.1, -0.05) is 13.8 Å². The van der Waals surface area contributed by atoms with E-state index in [1.807, 2.05) is 20.8 Å². The molecule has 2 N–H and O–H groups in total. The Morgan fingerprint density at radius 3 is 2.68 bits per heavy atom. The predicted molar refractivity (Wildman–Crippen MR) is 76.5 cm³/mol. The van der Waals surface area contributed by atoms with E-state index in [0.717, 1.165) is 6.42 Å². The van der Waals surface area contributed by atoms with E-state index in [1.54, 1.807) is 6.07 Å². The molecule has 0 amide bonds. The highest BCUT2D eigenvalue weighted by Crippen LogP contribution is 2.18. The molecule has 0 aliphatic rings. The van der Waals surface area contributed by atoms with Crippen molar-refractivity contribution < 1.29 is 9.84 Å². The summed E-state index contributed by atoms with van der Waals surface area (Å²) in [5, 5.41) is 13.4. The number of aromatic nitrogens is 2. The molecule has 0 fully saturated rings. The second-order valence-electron chi connectivity index (χ2n) is 5.52. The minimum absolute atomic E-state index is 0.447. The number of hydrogen-bond acceptors (Lipinski definition) is 5. The van der Waals surface area contributed by atoms with Gasteiger partial charge in [-0.15, -0.1) is 0 Å². The lowest BCUT2D eigenvalue weighted by Gasteiger charge is -2.25. The monoisotopic (exact) mass is 267 g/mol. The quantitative estimate of drug-likeness (QED) is 0.794. The number of ether oxygens (including phenoxy) is 1. The van der Waals surface area contributed by atoms with Crippen molar-refractivity contribution >= 4 is 5.82 Å². The summed E-state index contributed by atoms with van der Waals surface area (Å²) < 4.78 is 5.37. The van der Waals surface area contributed by atoms with Crippen LogP contribution in [0.4, 0.5) is 5.82 Å². The number of aryl methyl sites for hydroxylation is 1. The van der Waals surface area contributed by atoms with Crippen molar-refractivity contribution in [3.05, 3.63) is 11.9 Å². The van der Waals surface area contributed by atoms with Crippen LogP contribution < -0.4 is 10.1 Å². The summed E-state index contributed by atoms with van der Waals surface area (Å²) in [5.41, 5.74) is -0.751. The molecule has 1 aromatic heterocycles. The molecule has 5 heteroatoms. The fraction of sp³-hybridized carbons (Fsp3) is 0.714. The van der Waals surface area contributed by atoms with Crippen molar-refractivity contribution in [2.24, 2.45) is 5.92 Å². The van der Waals surface area contributed by atoms with Crippen molar-refractivity contribution in [2.75, 3.05) is 18.5 Å². The van der Waals surface area contributed by atoms with Gasteiger partial charge in [-0.3, -0.25) is 0 Å². The SMILES string of the molecule is CCOc1cc(NCC(C)(O)CC(C)C)nc(C)n1. The van der Waals surface area contributed by atoms with Crippen LogP contribution >= 0.6 is 0 Å². The van der Waals surface area contributed by atoms with E-state index in [2.05, 4.69) is 29.1 Å². The first-order valence-electron chi connectivity index (χ1n) is 6.77. The van der Waals surface area contributed by atoms with Crippen LogP contribution in [-0.2, 0) is 0 Å². The van der Waals surface area contributed by atoms with Gasteiger partial charge in [-0.05, 0) is 33.1 Å². The molecular formula is C14H25N3O2. The van der Waals surface area contributed by atoms with Crippen LogP contribution in [0.5, 0.6) is 5.88 Å². The van der Waals surface area contributed by atoms with Crippen LogP contribution in [0, 0.1) is 12.8 Å². The Balaban J connectivity index is 2.66. The van der Waals surface area contributed by atoms with Crippen molar-refractivity contribution in [3.8, 4) is 5.88 Å². The summed E-state index contributed by atoms with van der Waals surface area (Å²) in [4.78, 5) is 8.47. The molecule has 1 rings (SSSR count). The van der Waals surface area contributed by atoms with Crippen LogP contribution in [0.2, 0.25) is 0 Å². The highest BCUT2D eigenvalue weighted by molar-refractivity contribution is 5.38. The molecule has 1 heterocycles. The van der Waals surface area contributed by atoms with Gasteiger partial charge < -0.3 is 15.2 Å². The molecule has 0 saturated heterocycles. The standard InChI is InChI=1S/C14H25N3O2/c1-6-19-13-7-12(16-11(4)17-13)15-9-14(5,18)8-10(2)3/h7,10,18H,6,8-9H2,1-5H3,(H,15,16,17). The number of aliphatic hydroxyl groups is 1. The molecule has 0 spiro atoms. The lowest BCUT2D eigenvalue weighted by molar-refractivity contribution is 0.0514. The first-order valence-corrected chi connectivity index (χ1v) is 6.77. The van der Waals surface area contributed by atoms with Gasteiger partial charge in [0.1, 0.15) is 11.6 Å². The van der Waals surface area contributed by atoms with E-state index < -0.39 is 5.60 Å². The highest BCUT2D eigenvalue weighted by Gasteiger charge is 2.21. The number of hydrogen-bond donors (Lipinski definition) is 2. The molecule has 0 bridgehead atoms. The Labute approximate surface area is 115 Å². The molecule has 0 radical (unpaired) electrons. The third kappa shape index (κ3) is 5.87. The van der Waals surface area contributed by atoms with E-state index in [1.165, 1.54) is 0 Å². The summed E-state index contributed by atoms with van der Waals surface area (Å²) in [6.07, 6.45) is 0.738. The van der Waals surface area contributed by atoms with E-state index in [0.29, 0.717) is 36.6 Å². The second kappa shape index (κ2) is 6.70. The van der Waals surface area contributed by atoms with Crippen molar-refractivity contribution in [1.82, 2.24) is 9.97 Å². The summed E-state index contributed by atoms with van der Waals surface area (Å²) in [6.45, 7) is 10.8. The largest absolute Gasteiger partial charge is 0.478 e. The van der Waals surface area contributed by atoms with Crippen molar-refractivity contribution in [2.45, 2.75) is 46.6 Å². The van der Waals surface area contributed by atoms with E-state index in [-0.39, 0.29) is 0 Å². The lowest BCUT2D eigenvalue weighted by Crippen LogP contribution is -2.35. The highest BCUT2D eigenvalue weighted by atomic mass is 16.5. The van der Waals surface area contributed by atoms with Gasteiger partial charge >= 0.3 is 0 Å². The molecule has 0 aromatic carbocycles. The van der Waals surface area contributed by atoms with Crippen LogP contribution in [-0.4, -0.2) is 33.8 Å². The molecule has 108 valence electrons. The maximum Gasteiger partial charge on any atom is 0.218 e. The summed E-state index contributed by atoms with van der Waals surface area (Å²) >= 11 is 0. The summed E-state index contributed by atoms with van der Waals surface area (Å²) in [5.74, 6) is 2.33. The summed E-state index contributed by atoms with van der Waals surface area (Å²) in [7, 11) is 0. The molecule has 0 aliphatic carbocycles. The third-order valence-corrected chi connectivity index (χ3v) is 2.61. The number of anilines is 1. The predicted octanol–water partition coefficient (Wildman–Crippen LogP) is 2.39. The number of nitrogens with zero attached hydrogens (tertiary/aromatic N) is 2. The fourth-order valence-corrected chi connectivity index (χ4v) is 2.09. The maximum absolute atomic E-state index is 10.3. The Kier molecular flexibility index (Phi) is 5.54. The Hall–Kier alpha value is -1.36. The van der Waals surface area contributed by atoms with Gasteiger partial charge in [0.05, 0.1) is 12.2 Å². The average molecular weight is 267 g/mol. The number of rotatable bonds is 7. The minimum Gasteiger partial charge on any atom is -0.478 e. The second-order valence-corrected chi connectivity index (χ2v) is 5.52. The zero-order chi connectivity index (χ0) is 14.5. The fourth-order valence-electron chi connectivity index (χ4n) is 2.09. The van der Waals surface area contributed by atoms with Gasteiger partial charge in [-0.2, -0.15) is 4.98 Å². The average Bonchev–Trinajstić information content (AvgIpc) is 2.24. The van der Waals surface area contributed by atoms with E-state index in [4.69, 9.17) is 4.74 Å².